The van der Waals surface area contributed by atoms with E-state index in [-0.39, 0.29) is 12.5 Å². The fraction of sp³-hybridized carbons (Fsp3) is 0.921. The molecule has 0 spiro atoms. The van der Waals surface area contributed by atoms with Crippen LogP contribution in [-0.4, -0.2) is 34.9 Å². The van der Waals surface area contributed by atoms with Crippen LogP contribution in [0.2, 0.25) is 0 Å². The molecule has 0 aliphatic rings. The Labute approximate surface area is 421 Å². The number of rotatable bonds is 58. The predicted molar refractivity (Wildman–Crippen MR) is 299 cm³/mol. The second kappa shape index (κ2) is 59.2. The van der Waals surface area contributed by atoms with Gasteiger partial charge in [-0.25, -0.2) is 0 Å². The minimum absolute atomic E-state index is 0.0245. The number of aliphatic hydroxyl groups excluding tert-OH is 2. The molecule has 0 rings (SSSR count). The first-order valence-electron chi connectivity index (χ1n) is 31.0. The highest BCUT2D eigenvalue weighted by atomic mass is 16.3. The molecule has 0 bridgehead atoms. The molecule has 0 aromatic carbocycles. The fourth-order valence-corrected chi connectivity index (χ4v) is 9.98. The number of hydrogen-bond donors (Lipinski definition) is 3. The third kappa shape index (κ3) is 55.7. The molecule has 3 N–H and O–H groups in total. The van der Waals surface area contributed by atoms with E-state index in [1.807, 2.05) is 0 Å². The second-order valence-electron chi connectivity index (χ2n) is 21.5. The van der Waals surface area contributed by atoms with Crippen molar-refractivity contribution in [3.63, 3.8) is 0 Å². The van der Waals surface area contributed by atoms with Crippen LogP contribution < -0.4 is 5.32 Å². The van der Waals surface area contributed by atoms with Crippen molar-refractivity contribution >= 4 is 5.91 Å². The molecule has 0 aliphatic carbocycles. The summed E-state index contributed by atoms with van der Waals surface area (Å²) >= 11 is 0. The molecule has 0 aromatic rings. The van der Waals surface area contributed by atoms with E-state index >= 15 is 0 Å². The first kappa shape index (κ1) is 65.9. The molecule has 2 unspecified atom stereocenters. The second-order valence-corrected chi connectivity index (χ2v) is 21.5. The molecule has 0 aliphatic heterocycles. The maximum absolute atomic E-state index is 12.5. The molecule has 0 saturated heterocycles. The van der Waals surface area contributed by atoms with Gasteiger partial charge in [-0.2, -0.15) is 0 Å². The number of amides is 1. The Morgan fingerprint density at radius 3 is 0.896 bits per heavy atom. The van der Waals surface area contributed by atoms with Crippen LogP contribution in [-0.2, 0) is 4.79 Å². The van der Waals surface area contributed by atoms with Gasteiger partial charge in [-0.15, -0.1) is 0 Å². The summed E-state index contributed by atoms with van der Waals surface area (Å²) in [7, 11) is 0. The average molecular weight is 943 g/mol. The molecule has 0 radical (unpaired) electrons. The van der Waals surface area contributed by atoms with E-state index in [0.29, 0.717) is 12.8 Å². The minimum Gasteiger partial charge on any atom is -0.394 e. The maximum atomic E-state index is 12.5. The van der Waals surface area contributed by atoms with Gasteiger partial charge in [-0.05, 0) is 44.9 Å². The Morgan fingerprint density at radius 1 is 0.358 bits per heavy atom. The summed E-state index contributed by atoms with van der Waals surface area (Å²) in [5.41, 5.74) is 0. The van der Waals surface area contributed by atoms with Crippen molar-refractivity contribution in [3.05, 3.63) is 24.3 Å². The molecular formula is C63H123NO3. The van der Waals surface area contributed by atoms with Crippen LogP contribution in [0.15, 0.2) is 24.3 Å². The average Bonchev–Trinajstić information content (AvgIpc) is 3.33. The number of unbranched alkanes of at least 4 members (excludes halogenated alkanes) is 47. The van der Waals surface area contributed by atoms with Crippen molar-refractivity contribution in [2.45, 2.75) is 366 Å². The lowest BCUT2D eigenvalue weighted by molar-refractivity contribution is -0.123. The third-order valence-electron chi connectivity index (χ3n) is 14.7. The molecule has 2 atom stereocenters. The van der Waals surface area contributed by atoms with Crippen LogP contribution in [0.1, 0.15) is 354 Å². The van der Waals surface area contributed by atoms with E-state index < -0.39 is 12.1 Å². The SMILES string of the molecule is CCCCCCCCCCCCC/C=C\C/C=C\CCCCCCCCCCCCCCCCCCCC(=O)NC(CO)C(O)CCCCCCCCCCCCCCCCCCCCCC. The van der Waals surface area contributed by atoms with E-state index in [1.165, 1.54) is 295 Å². The molecule has 0 fully saturated rings. The van der Waals surface area contributed by atoms with Crippen LogP contribution in [0.5, 0.6) is 0 Å². The van der Waals surface area contributed by atoms with Crippen LogP contribution in [0.3, 0.4) is 0 Å². The highest BCUT2D eigenvalue weighted by Gasteiger charge is 2.20. The van der Waals surface area contributed by atoms with Crippen LogP contribution in [0.4, 0.5) is 0 Å². The number of carbonyl (C=O) groups is 1. The van der Waals surface area contributed by atoms with Crippen molar-refractivity contribution in [1.82, 2.24) is 5.32 Å². The lowest BCUT2D eigenvalue weighted by Gasteiger charge is -2.22. The number of allylic oxidation sites excluding steroid dienone is 4. The Morgan fingerprint density at radius 2 is 0.612 bits per heavy atom. The Bertz CT molecular complexity index is 978. The molecule has 0 heterocycles. The molecular weight excluding hydrogens is 819 g/mol. The minimum atomic E-state index is -0.658. The zero-order valence-corrected chi connectivity index (χ0v) is 46.0. The van der Waals surface area contributed by atoms with E-state index in [1.54, 1.807) is 0 Å². The van der Waals surface area contributed by atoms with E-state index in [4.69, 9.17) is 0 Å². The highest BCUT2D eigenvalue weighted by molar-refractivity contribution is 5.76. The summed E-state index contributed by atoms with van der Waals surface area (Å²) in [6, 6.07) is -0.535. The summed E-state index contributed by atoms with van der Waals surface area (Å²) in [6.07, 6.45) is 79.1. The number of aliphatic hydroxyl groups is 2. The van der Waals surface area contributed by atoms with Gasteiger partial charge in [0.1, 0.15) is 0 Å². The van der Waals surface area contributed by atoms with Crippen LogP contribution in [0, 0.1) is 0 Å². The normalized spacial score (nSPS) is 12.8. The number of carbonyl (C=O) groups excluding carboxylic acids is 1. The summed E-state index contributed by atoms with van der Waals surface area (Å²) in [5, 5.41) is 23.4. The van der Waals surface area contributed by atoms with Gasteiger partial charge in [-0.3, -0.25) is 4.79 Å². The van der Waals surface area contributed by atoms with Gasteiger partial charge < -0.3 is 15.5 Å². The lowest BCUT2D eigenvalue weighted by atomic mass is 10.0. The van der Waals surface area contributed by atoms with Crippen molar-refractivity contribution < 1.29 is 15.0 Å². The smallest absolute Gasteiger partial charge is 0.220 e. The third-order valence-corrected chi connectivity index (χ3v) is 14.7. The zero-order valence-electron chi connectivity index (χ0n) is 46.0. The van der Waals surface area contributed by atoms with Gasteiger partial charge >= 0.3 is 0 Å². The van der Waals surface area contributed by atoms with Crippen molar-refractivity contribution in [2.75, 3.05) is 6.61 Å². The quantitative estimate of drug-likeness (QED) is 0.0420. The van der Waals surface area contributed by atoms with E-state index in [0.717, 1.165) is 32.1 Å². The van der Waals surface area contributed by atoms with Crippen molar-refractivity contribution in [2.24, 2.45) is 0 Å². The first-order valence-corrected chi connectivity index (χ1v) is 31.0. The molecule has 0 aromatic heterocycles. The summed E-state index contributed by atoms with van der Waals surface area (Å²) in [5.74, 6) is -0.0245. The predicted octanol–water partition coefficient (Wildman–Crippen LogP) is 20.7. The summed E-state index contributed by atoms with van der Waals surface area (Å²) in [4.78, 5) is 12.5. The standard InChI is InChI=1S/C63H123NO3/c1-3-5-7-9-11-13-15-17-19-21-23-25-26-27-28-29-30-31-32-33-34-35-36-37-38-39-41-43-45-47-49-51-53-55-57-59-63(67)64-61(60-65)62(66)58-56-54-52-50-48-46-44-42-40-24-22-20-18-16-14-12-10-8-6-4-2/h26-27,29-30,61-62,65-66H,3-25,28,31-60H2,1-2H3,(H,64,67)/b27-26-,30-29-. The molecule has 67 heavy (non-hydrogen) atoms. The highest BCUT2D eigenvalue weighted by Crippen LogP contribution is 2.18. The Kier molecular flexibility index (Phi) is 58.2. The first-order chi connectivity index (χ1) is 33.2. The Balaban J connectivity index is 3.40. The van der Waals surface area contributed by atoms with E-state index in [2.05, 4.69) is 43.5 Å². The van der Waals surface area contributed by atoms with Gasteiger partial charge in [0.2, 0.25) is 5.91 Å². The zero-order chi connectivity index (χ0) is 48.5. The van der Waals surface area contributed by atoms with Gasteiger partial charge in [-0.1, -0.05) is 327 Å². The molecule has 0 saturated carbocycles. The van der Waals surface area contributed by atoms with Gasteiger partial charge in [0.05, 0.1) is 18.8 Å². The fourth-order valence-electron chi connectivity index (χ4n) is 9.98. The van der Waals surface area contributed by atoms with Crippen LogP contribution >= 0.6 is 0 Å². The lowest BCUT2D eigenvalue weighted by Crippen LogP contribution is -2.45. The van der Waals surface area contributed by atoms with Gasteiger partial charge in [0.15, 0.2) is 0 Å². The summed E-state index contributed by atoms with van der Waals surface area (Å²) in [6.45, 7) is 4.40. The number of hydrogen-bond acceptors (Lipinski definition) is 3. The van der Waals surface area contributed by atoms with Crippen molar-refractivity contribution in [3.8, 4) is 0 Å². The number of nitrogens with one attached hydrogen (secondary N) is 1. The van der Waals surface area contributed by atoms with Crippen molar-refractivity contribution in [1.29, 1.82) is 0 Å². The molecule has 1 amide bonds. The van der Waals surface area contributed by atoms with Gasteiger partial charge in [0.25, 0.3) is 0 Å². The maximum Gasteiger partial charge on any atom is 0.220 e. The monoisotopic (exact) mass is 942 g/mol. The van der Waals surface area contributed by atoms with E-state index in [9.17, 15) is 15.0 Å². The Hall–Kier alpha value is -1.13. The van der Waals surface area contributed by atoms with Crippen LogP contribution in [0.25, 0.3) is 0 Å². The van der Waals surface area contributed by atoms with Gasteiger partial charge in [0, 0.05) is 6.42 Å². The molecule has 4 heteroatoms. The largest absolute Gasteiger partial charge is 0.394 e. The summed E-state index contributed by atoms with van der Waals surface area (Å²) < 4.78 is 0. The molecule has 398 valence electrons. The molecule has 4 nitrogen and oxygen atoms in total. The topological polar surface area (TPSA) is 69.6 Å².